The number of sulfonamides is 1. The first-order valence-electron chi connectivity index (χ1n) is 11.4. The van der Waals surface area contributed by atoms with Crippen molar-refractivity contribution in [3.8, 4) is 0 Å². The second-order valence-electron chi connectivity index (χ2n) is 8.80. The van der Waals surface area contributed by atoms with Crippen LogP contribution in [0, 0.1) is 5.92 Å². The Labute approximate surface area is 216 Å². The topological polar surface area (TPSA) is 98.8 Å². The molecule has 3 rings (SSSR count). The number of hydrogen-bond acceptors (Lipinski definition) is 5. The lowest BCUT2D eigenvalue weighted by molar-refractivity contribution is -0.139. The van der Waals surface area contributed by atoms with Crippen LogP contribution in [0.15, 0.2) is 53.4 Å². The summed E-state index contributed by atoms with van der Waals surface area (Å²) in [5, 5.41) is 3.62. The Morgan fingerprint density at radius 2 is 1.60 bits per heavy atom. The van der Waals surface area contributed by atoms with E-state index in [1.807, 2.05) is 30.3 Å². The van der Waals surface area contributed by atoms with Gasteiger partial charge in [0, 0.05) is 36.9 Å². The lowest BCUT2D eigenvalue weighted by Gasteiger charge is -2.37. The molecule has 0 radical (unpaired) electrons. The fourth-order valence-corrected chi connectivity index (χ4v) is 5.61. The number of anilines is 1. The lowest BCUT2D eigenvalue weighted by atomic mass is 10.0. The third kappa shape index (κ3) is 7.57. The number of amides is 2. The van der Waals surface area contributed by atoms with Gasteiger partial charge in [-0.2, -0.15) is 0 Å². The van der Waals surface area contributed by atoms with E-state index in [0.29, 0.717) is 43.5 Å². The Morgan fingerprint density at radius 3 is 2.20 bits per heavy atom. The molecule has 0 saturated carbocycles. The van der Waals surface area contributed by atoms with E-state index in [2.05, 4.69) is 23.9 Å². The van der Waals surface area contributed by atoms with Crippen molar-refractivity contribution in [3.05, 3.63) is 58.6 Å². The van der Waals surface area contributed by atoms with Crippen molar-refractivity contribution in [2.75, 3.05) is 38.0 Å². The number of carbonyl (C=O) groups excluding carboxylic acids is 2. The first kappa shape index (κ1) is 27.3. The minimum atomic E-state index is -3.98. The first-order chi connectivity index (χ1) is 16.6. The Bertz CT molecular complexity index is 1140. The monoisotopic (exact) mass is 540 g/mol. The van der Waals surface area contributed by atoms with Crippen LogP contribution in [-0.2, 0) is 19.6 Å². The second kappa shape index (κ2) is 12.1. The fraction of sp³-hybridized carbons (Fsp3) is 0.417. The molecule has 1 fully saturated rings. The zero-order valence-corrected chi connectivity index (χ0v) is 22.0. The molecular formula is C24H30Cl2N4O4S. The Kier molecular flexibility index (Phi) is 9.40. The third-order valence-electron chi connectivity index (χ3n) is 5.66. The number of benzene rings is 2. The summed E-state index contributed by atoms with van der Waals surface area (Å²) in [5.41, 5.74) is 0.883. The molecule has 1 saturated heterocycles. The number of rotatable bonds is 9. The average Bonchev–Trinajstić information content (AvgIpc) is 2.82. The van der Waals surface area contributed by atoms with Crippen molar-refractivity contribution >= 4 is 50.7 Å². The van der Waals surface area contributed by atoms with E-state index in [1.165, 1.54) is 18.2 Å². The number of piperazine rings is 1. The van der Waals surface area contributed by atoms with Crippen LogP contribution in [0.2, 0.25) is 10.0 Å². The average molecular weight is 542 g/mol. The van der Waals surface area contributed by atoms with Gasteiger partial charge in [0.2, 0.25) is 21.8 Å². The van der Waals surface area contributed by atoms with Crippen LogP contribution in [0.5, 0.6) is 0 Å². The summed E-state index contributed by atoms with van der Waals surface area (Å²) < 4.78 is 27.4. The molecule has 0 aromatic heterocycles. The quantitative estimate of drug-likeness (QED) is 0.507. The SMILES string of the molecule is CC(C)C[C@H](Nc1ccccc1)C(=O)N1CCN(C(=O)CNS(=O)(=O)c2ccc(Cl)cc2Cl)CC1. The van der Waals surface area contributed by atoms with E-state index in [-0.39, 0.29) is 27.8 Å². The van der Waals surface area contributed by atoms with Crippen LogP contribution in [-0.4, -0.2) is 68.8 Å². The van der Waals surface area contributed by atoms with E-state index in [9.17, 15) is 18.0 Å². The van der Waals surface area contributed by atoms with Crippen LogP contribution < -0.4 is 10.0 Å². The van der Waals surface area contributed by atoms with Crippen molar-refractivity contribution in [2.45, 2.75) is 31.2 Å². The summed E-state index contributed by atoms with van der Waals surface area (Å²) in [6.07, 6.45) is 0.682. The van der Waals surface area contributed by atoms with Crippen LogP contribution in [0.4, 0.5) is 5.69 Å². The normalized spacial score (nSPS) is 15.2. The second-order valence-corrected chi connectivity index (χ2v) is 11.4. The van der Waals surface area contributed by atoms with Crippen molar-refractivity contribution in [1.29, 1.82) is 0 Å². The predicted molar refractivity (Wildman–Crippen MR) is 138 cm³/mol. The Hall–Kier alpha value is -2.33. The largest absolute Gasteiger partial charge is 0.374 e. The highest BCUT2D eigenvalue weighted by atomic mass is 35.5. The maximum atomic E-state index is 13.2. The molecule has 1 heterocycles. The molecule has 1 aliphatic heterocycles. The molecule has 0 unspecified atom stereocenters. The maximum Gasteiger partial charge on any atom is 0.245 e. The van der Waals surface area contributed by atoms with Gasteiger partial charge in [0.15, 0.2) is 0 Å². The van der Waals surface area contributed by atoms with Gasteiger partial charge < -0.3 is 15.1 Å². The summed E-state index contributed by atoms with van der Waals surface area (Å²) in [4.78, 5) is 29.0. The van der Waals surface area contributed by atoms with Gasteiger partial charge in [0.25, 0.3) is 0 Å². The van der Waals surface area contributed by atoms with Gasteiger partial charge in [-0.3, -0.25) is 9.59 Å². The fourth-order valence-electron chi connectivity index (χ4n) is 3.86. The van der Waals surface area contributed by atoms with Gasteiger partial charge >= 0.3 is 0 Å². The molecule has 0 bridgehead atoms. The molecule has 0 spiro atoms. The molecule has 8 nitrogen and oxygen atoms in total. The number of nitrogens with one attached hydrogen (secondary N) is 2. The van der Waals surface area contributed by atoms with Crippen molar-refractivity contribution in [2.24, 2.45) is 5.92 Å². The summed E-state index contributed by atoms with van der Waals surface area (Å²) >= 11 is 11.8. The Morgan fingerprint density at radius 1 is 0.971 bits per heavy atom. The van der Waals surface area contributed by atoms with Gasteiger partial charge in [-0.1, -0.05) is 55.2 Å². The van der Waals surface area contributed by atoms with Gasteiger partial charge in [0.1, 0.15) is 10.9 Å². The van der Waals surface area contributed by atoms with Crippen LogP contribution in [0.25, 0.3) is 0 Å². The third-order valence-corrected chi connectivity index (χ3v) is 7.78. The molecule has 2 aromatic rings. The van der Waals surface area contributed by atoms with E-state index in [4.69, 9.17) is 23.2 Å². The number of para-hydroxylation sites is 1. The van der Waals surface area contributed by atoms with E-state index >= 15 is 0 Å². The Balaban J connectivity index is 1.55. The number of carbonyl (C=O) groups is 2. The first-order valence-corrected chi connectivity index (χ1v) is 13.6. The number of nitrogens with zero attached hydrogens (tertiary/aromatic N) is 2. The highest BCUT2D eigenvalue weighted by Crippen LogP contribution is 2.24. The lowest BCUT2D eigenvalue weighted by Crippen LogP contribution is -2.55. The maximum absolute atomic E-state index is 13.2. The van der Waals surface area contributed by atoms with Crippen LogP contribution >= 0.6 is 23.2 Å². The van der Waals surface area contributed by atoms with Crippen LogP contribution in [0.3, 0.4) is 0 Å². The van der Waals surface area contributed by atoms with E-state index in [0.717, 1.165) is 5.69 Å². The molecular weight excluding hydrogens is 511 g/mol. The highest BCUT2D eigenvalue weighted by molar-refractivity contribution is 7.89. The molecule has 1 atom stereocenters. The molecule has 190 valence electrons. The van der Waals surface area contributed by atoms with Crippen molar-refractivity contribution < 1.29 is 18.0 Å². The van der Waals surface area contributed by atoms with Gasteiger partial charge in [-0.05, 0) is 42.7 Å². The smallest absolute Gasteiger partial charge is 0.245 e. The number of halogens is 2. The summed E-state index contributed by atoms with van der Waals surface area (Å²) in [6, 6.07) is 13.3. The minimum absolute atomic E-state index is 0.00673. The van der Waals surface area contributed by atoms with Crippen LogP contribution in [0.1, 0.15) is 20.3 Å². The van der Waals surface area contributed by atoms with Gasteiger partial charge in [-0.25, -0.2) is 13.1 Å². The number of hydrogen-bond donors (Lipinski definition) is 2. The molecule has 0 aliphatic carbocycles. The minimum Gasteiger partial charge on any atom is -0.374 e. The molecule has 2 aromatic carbocycles. The molecule has 1 aliphatic rings. The summed E-state index contributed by atoms with van der Waals surface area (Å²) in [7, 11) is -3.98. The van der Waals surface area contributed by atoms with E-state index in [1.54, 1.807) is 9.80 Å². The molecule has 2 amide bonds. The zero-order valence-electron chi connectivity index (χ0n) is 19.7. The summed E-state index contributed by atoms with van der Waals surface area (Å²) in [6.45, 7) is 5.16. The van der Waals surface area contributed by atoms with E-state index < -0.39 is 16.6 Å². The van der Waals surface area contributed by atoms with Gasteiger partial charge in [-0.15, -0.1) is 0 Å². The van der Waals surface area contributed by atoms with Crippen molar-refractivity contribution in [1.82, 2.24) is 14.5 Å². The predicted octanol–water partition coefficient (Wildman–Crippen LogP) is 3.47. The van der Waals surface area contributed by atoms with Crippen molar-refractivity contribution in [3.63, 3.8) is 0 Å². The molecule has 2 N–H and O–H groups in total. The molecule has 35 heavy (non-hydrogen) atoms. The van der Waals surface area contributed by atoms with Gasteiger partial charge in [0.05, 0.1) is 11.6 Å². The standard InChI is InChI=1S/C24H30Cl2N4O4S/c1-17(2)14-21(28-19-6-4-3-5-7-19)24(32)30-12-10-29(11-13-30)23(31)16-27-35(33,34)22-9-8-18(25)15-20(22)26/h3-9,15,17,21,27-28H,10-14,16H2,1-2H3/t21-/m0/s1. The molecule has 11 heteroatoms. The zero-order chi connectivity index (χ0) is 25.6. The summed E-state index contributed by atoms with van der Waals surface area (Å²) in [5.74, 6) is -0.0511. The highest BCUT2D eigenvalue weighted by Gasteiger charge is 2.30.